The molecule has 0 amide bonds. The van der Waals surface area contributed by atoms with Crippen molar-refractivity contribution in [1.29, 1.82) is 0 Å². The molecule has 0 saturated carbocycles. The number of nitrogens with zero attached hydrogens (tertiary/aromatic N) is 3. The zero-order valence-electron chi connectivity index (χ0n) is 9.07. The Hall–Kier alpha value is -1.58. The molecule has 0 aromatic carbocycles. The van der Waals surface area contributed by atoms with E-state index in [-0.39, 0.29) is 0 Å². The highest BCUT2D eigenvalue weighted by Crippen LogP contribution is 2.07. The number of aryl methyl sites for hydroxylation is 1. The number of aromatic nitrogens is 3. The van der Waals surface area contributed by atoms with Gasteiger partial charge in [-0.15, -0.1) is 0 Å². The van der Waals surface area contributed by atoms with Crippen LogP contribution in [0.4, 0.5) is 5.82 Å². The first-order chi connectivity index (χ1) is 6.79. The van der Waals surface area contributed by atoms with Gasteiger partial charge in [0.1, 0.15) is 5.82 Å². The third kappa shape index (κ3) is 2.02. The molecule has 0 saturated heterocycles. The van der Waals surface area contributed by atoms with Gasteiger partial charge >= 0.3 is 0 Å². The summed E-state index contributed by atoms with van der Waals surface area (Å²) in [6.07, 6.45) is 5.64. The second kappa shape index (κ2) is 4.60. The van der Waals surface area contributed by atoms with Gasteiger partial charge in [0.05, 0.1) is 18.1 Å². The molecule has 2 heterocycles. The fourth-order valence-corrected chi connectivity index (χ4v) is 1.12. The third-order valence-corrected chi connectivity index (χ3v) is 1.73. The Bertz CT molecular complexity index is 405. The highest BCUT2D eigenvalue weighted by Gasteiger charge is 1.98. The molecule has 0 aliphatic carbocycles. The summed E-state index contributed by atoms with van der Waals surface area (Å²) in [5.74, 6) is 0.863. The molecule has 2 aromatic rings. The van der Waals surface area contributed by atoms with Crippen molar-refractivity contribution in [1.82, 2.24) is 14.4 Å². The van der Waals surface area contributed by atoms with Gasteiger partial charge in [0, 0.05) is 13.2 Å². The van der Waals surface area contributed by atoms with Crippen LogP contribution in [-0.4, -0.2) is 21.4 Å². The van der Waals surface area contributed by atoms with Gasteiger partial charge in [-0.25, -0.2) is 4.98 Å². The predicted octanol–water partition coefficient (Wildman–Crippen LogP) is 2.11. The molecule has 0 spiro atoms. The molecule has 2 rings (SSSR count). The van der Waals surface area contributed by atoms with Crippen LogP contribution in [-0.2, 0) is 0 Å². The fourth-order valence-electron chi connectivity index (χ4n) is 1.12. The Balaban J connectivity index is 0.000000461. The van der Waals surface area contributed by atoms with E-state index < -0.39 is 0 Å². The van der Waals surface area contributed by atoms with Crippen LogP contribution in [0, 0.1) is 6.92 Å². The van der Waals surface area contributed by atoms with Crippen molar-refractivity contribution in [3.05, 3.63) is 24.3 Å². The average molecular weight is 192 g/mol. The molecule has 0 bridgehead atoms. The lowest BCUT2D eigenvalue weighted by atomic mass is 10.5. The van der Waals surface area contributed by atoms with E-state index in [1.807, 2.05) is 44.6 Å². The van der Waals surface area contributed by atoms with E-state index in [0.29, 0.717) is 0 Å². The van der Waals surface area contributed by atoms with Crippen molar-refractivity contribution in [3.8, 4) is 0 Å². The van der Waals surface area contributed by atoms with Gasteiger partial charge in [0.25, 0.3) is 0 Å². The summed E-state index contributed by atoms with van der Waals surface area (Å²) in [7, 11) is 1.85. The smallest absolute Gasteiger partial charge is 0.157 e. The second-order valence-electron chi connectivity index (χ2n) is 2.67. The highest BCUT2D eigenvalue weighted by molar-refractivity contribution is 5.46. The molecule has 0 unspecified atom stereocenters. The van der Waals surface area contributed by atoms with Crippen molar-refractivity contribution in [3.63, 3.8) is 0 Å². The summed E-state index contributed by atoms with van der Waals surface area (Å²) in [4.78, 5) is 8.41. The molecule has 4 nitrogen and oxygen atoms in total. The SMILES string of the molecule is CC.CNc1cn2cc(C)ncc2n1. The minimum absolute atomic E-state index is 0.863. The predicted molar refractivity (Wildman–Crippen MR) is 58.6 cm³/mol. The average Bonchev–Trinajstić information content (AvgIpc) is 2.62. The van der Waals surface area contributed by atoms with Gasteiger partial charge in [-0.2, -0.15) is 0 Å². The Morgan fingerprint density at radius 1 is 1.29 bits per heavy atom. The summed E-state index contributed by atoms with van der Waals surface area (Å²) in [5, 5.41) is 2.98. The van der Waals surface area contributed by atoms with Gasteiger partial charge < -0.3 is 9.72 Å². The van der Waals surface area contributed by atoms with Gasteiger partial charge in [-0.3, -0.25) is 4.98 Å². The molecule has 0 aliphatic heterocycles. The van der Waals surface area contributed by atoms with Crippen molar-refractivity contribution in [2.45, 2.75) is 20.8 Å². The molecule has 0 fully saturated rings. The topological polar surface area (TPSA) is 42.2 Å². The Labute approximate surface area is 84.0 Å². The molecule has 14 heavy (non-hydrogen) atoms. The summed E-state index contributed by atoms with van der Waals surface area (Å²) in [6.45, 7) is 5.96. The van der Waals surface area contributed by atoms with Gasteiger partial charge in [-0.1, -0.05) is 13.8 Å². The van der Waals surface area contributed by atoms with Crippen molar-refractivity contribution < 1.29 is 0 Å². The van der Waals surface area contributed by atoms with Crippen LogP contribution in [0.3, 0.4) is 0 Å². The summed E-state index contributed by atoms with van der Waals surface area (Å²) < 4.78 is 1.95. The Kier molecular flexibility index (Phi) is 3.45. The van der Waals surface area contributed by atoms with Crippen LogP contribution >= 0.6 is 0 Å². The van der Waals surface area contributed by atoms with Crippen LogP contribution in [0.25, 0.3) is 5.65 Å². The molecule has 1 N–H and O–H groups in total. The number of nitrogens with one attached hydrogen (secondary N) is 1. The second-order valence-corrected chi connectivity index (χ2v) is 2.67. The lowest BCUT2D eigenvalue weighted by molar-refractivity contribution is 1.07. The minimum atomic E-state index is 0.863. The highest BCUT2D eigenvalue weighted by atomic mass is 15.1. The largest absolute Gasteiger partial charge is 0.372 e. The number of rotatable bonds is 1. The first-order valence-corrected chi connectivity index (χ1v) is 4.79. The number of fused-ring (bicyclic) bond motifs is 1. The number of hydrogen-bond acceptors (Lipinski definition) is 3. The first kappa shape index (κ1) is 10.5. The monoisotopic (exact) mass is 192 g/mol. The van der Waals surface area contributed by atoms with Crippen molar-refractivity contribution in [2.24, 2.45) is 0 Å². The van der Waals surface area contributed by atoms with E-state index in [2.05, 4.69) is 15.3 Å². The maximum Gasteiger partial charge on any atom is 0.157 e. The molecule has 0 aliphatic rings. The van der Waals surface area contributed by atoms with E-state index in [1.54, 1.807) is 6.20 Å². The first-order valence-electron chi connectivity index (χ1n) is 4.79. The van der Waals surface area contributed by atoms with Crippen LogP contribution in [0.5, 0.6) is 0 Å². The quantitative estimate of drug-likeness (QED) is 0.752. The standard InChI is InChI=1S/C8H10N4.C2H6/c1-6-4-12-5-7(9-2)11-8(12)3-10-6;1-2/h3-5,9H,1-2H3;1-2H3. The summed E-state index contributed by atoms with van der Waals surface area (Å²) in [5.41, 5.74) is 1.85. The van der Waals surface area contributed by atoms with Gasteiger partial charge in [0.15, 0.2) is 5.65 Å². The Morgan fingerprint density at radius 3 is 2.64 bits per heavy atom. The van der Waals surface area contributed by atoms with Gasteiger partial charge in [0.2, 0.25) is 0 Å². The molecular weight excluding hydrogens is 176 g/mol. The zero-order chi connectivity index (χ0) is 10.6. The molecule has 2 aromatic heterocycles. The van der Waals surface area contributed by atoms with E-state index in [4.69, 9.17) is 0 Å². The molecule has 76 valence electrons. The van der Waals surface area contributed by atoms with E-state index in [1.165, 1.54) is 0 Å². The maximum atomic E-state index is 4.26. The molecule has 0 radical (unpaired) electrons. The fraction of sp³-hybridized carbons (Fsp3) is 0.400. The number of anilines is 1. The lowest BCUT2D eigenvalue weighted by Gasteiger charge is -1.92. The normalized spacial score (nSPS) is 9.43. The van der Waals surface area contributed by atoms with E-state index >= 15 is 0 Å². The van der Waals surface area contributed by atoms with Crippen LogP contribution in [0.2, 0.25) is 0 Å². The van der Waals surface area contributed by atoms with Crippen LogP contribution < -0.4 is 5.32 Å². The van der Waals surface area contributed by atoms with Crippen molar-refractivity contribution in [2.75, 3.05) is 12.4 Å². The van der Waals surface area contributed by atoms with Crippen LogP contribution in [0.1, 0.15) is 19.5 Å². The van der Waals surface area contributed by atoms with Crippen molar-refractivity contribution >= 4 is 11.5 Å². The molecular formula is C10H16N4. The van der Waals surface area contributed by atoms with Gasteiger partial charge in [-0.05, 0) is 6.92 Å². The van der Waals surface area contributed by atoms with E-state index in [0.717, 1.165) is 17.2 Å². The van der Waals surface area contributed by atoms with Crippen LogP contribution in [0.15, 0.2) is 18.6 Å². The molecule has 0 atom stereocenters. The minimum Gasteiger partial charge on any atom is -0.372 e. The summed E-state index contributed by atoms with van der Waals surface area (Å²) in [6, 6.07) is 0. The number of imidazole rings is 1. The van der Waals surface area contributed by atoms with E-state index in [9.17, 15) is 0 Å². The lowest BCUT2D eigenvalue weighted by Crippen LogP contribution is -1.87. The zero-order valence-corrected chi connectivity index (χ0v) is 9.07. The molecule has 4 heteroatoms. The number of hydrogen-bond donors (Lipinski definition) is 1. The maximum absolute atomic E-state index is 4.26. The summed E-state index contributed by atoms with van der Waals surface area (Å²) >= 11 is 0. The third-order valence-electron chi connectivity index (χ3n) is 1.73. The Morgan fingerprint density at radius 2 is 2.00 bits per heavy atom.